The van der Waals surface area contributed by atoms with Crippen LogP contribution in [0.1, 0.15) is 35.6 Å². The molecule has 0 saturated heterocycles. The quantitative estimate of drug-likeness (QED) is 0.784. The van der Waals surface area contributed by atoms with Crippen molar-refractivity contribution in [3.05, 3.63) is 59.2 Å². The molecule has 27 heavy (non-hydrogen) atoms. The molecule has 0 bridgehead atoms. The van der Waals surface area contributed by atoms with Gasteiger partial charge in [-0.25, -0.2) is 0 Å². The molecule has 2 aromatic carbocycles. The molecule has 5 nitrogen and oxygen atoms in total. The first-order valence-corrected chi connectivity index (χ1v) is 9.50. The van der Waals surface area contributed by atoms with Crippen LogP contribution < -0.4 is 19.7 Å². The third-order valence-electron chi connectivity index (χ3n) is 5.14. The number of benzene rings is 2. The summed E-state index contributed by atoms with van der Waals surface area (Å²) in [6, 6.07) is 14.4. The molecule has 1 unspecified atom stereocenters. The third kappa shape index (κ3) is 4.61. The second kappa shape index (κ2) is 8.91. The van der Waals surface area contributed by atoms with Gasteiger partial charge in [-0.15, -0.1) is 0 Å². The fraction of sp³-hybridized carbons (Fsp3) is 0.409. The number of carbonyl (C=O) groups excluding carboxylic acids is 1. The van der Waals surface area contributed by atoms with Crippen molar-refractivity contribution in [1.29, 1.82) is 0 Å². The van der Waals surface area contributed by atoms with Crippen LogP contribution in [0.2, 0.25) is 0 Å². The summed E-state index contributed by atoms with van der Waals surface area (Å²) in [6.07, 6.45) is 3.22. The number of amides is 1. The van der Waals surface area contributed by atoms with Gasteiger partial charge in [0.25, 0.3) is 5.91 Å². The van der Waals surface area contributed by atoms with Gasteiger partial charge in [-0.1, -0.05) is 30.3 Å². The predicted octanol–water partition coefficient (Wildman–Crippen LogP) is 1.91. The van der Waals surface area contributed by atoms with E-state index in [0.717, 1.165) is 35.5 Å². The van der Waals surface area contributed by atoms with Crippen LogP contribution in [0.25, 0.3) is 0 Å². The van der Waals surface area contributed by atoms with Crippen molar-refractivity contribution in [1.82, 2.24) is 5.32 Å². The van der Waals surface area contributed by atoms with Crippen LogP contribution in [0.4, 0.5) is 0 Å². The van der Waals surface area contributed by atoms with Crippen molar-refractivity contribution in [3.63, 3.8) is 0 Å². The summed E-state index contributed by atoms with van der Waals surface area (Å²) in [4.78, 5) is 13.7. The highest BCUT2D eigenvalue weighted by Gasteiger charge is 2.23. The lowest BCUT2D eigenvalue weighted by atomic mass is 9.88. The van der Waals surface area contributed by atoms with E-state index in [1.165, 1.54) is 11.1 Å². The molecule has 1 amide bonds. The highest BCUT2D eigenvalue weighted by molar-refractivity contribution is 5.77. The normalized spacial score (nSPS) is 16.9. The average molecular weight is 369 g/mol. The number of methoxy groups -OCH3 is 2. The summed E-state index contributed by atoms with van der Waals surface area (Å²) in [6.45, 7) is 1.11. The van der Waals surface area contributed by atoms with E-state index in [9.17, 15) is 4.79 Å². The lowest BCUT2D eigenvalue weighted by Gasteiger charge is -2.26. The zero-order chi connectivity index (χ0) is 19.2. The molecule has 0 fully saturated rings. The monoisotopic (exact) mass is 369 g/mol. The van der Waals surface area contributed by atoms with Gasteiger partial charge in [-0.05, 0) is 42.5 Å². The third-order valence-corrected chi connectivity index (χ3v) is 5.14. The van der Waals surface area contributed by atoms with E-state index < -0.39 is 0 Å². The number of fused-ring (bicyclic) bond motifs is 1. The number of ether oxygens (including phenoxy) is 2. The number of para-hydroxylation sites is 1. The van der Waals surface area contributed by atoms with Crippen LogP contribution in [0.15, 0.2) is 42.5 Å². The van der Waals surface area contributed by atoms with Crippen LogP contribution in [0.3, 0.4) is 0 Å². The maximum atomic E-state index is 12.6. The highest BCUT2D eigenvalue weighted by Crippen LogP contribution is 2.30. The first-order valence-electron chi connectivity index (χ1n) is 9.50. The molecule has 0 aromatic heterocycles. The maximum absolute atomic E-state index is 12.6. The topological polar surface area (TPSA) is 52.0 Å². The van der Waals surface area contributed by atoms with E-state index in [1.807, 2.05) is 25.2 Å². The summed E-state index contributed by atoms with van der Waals surface area (Å²) in [5, 5.41) is 3.23. The SMILES string of the molecule is COc1cccc(C[NH+](C)CC(=O)N[C@H]2CCCc3ccccc32)c1OC. The van der Waals surface area contributed by atoms with Gasteiger partial charge in [-0.3, -0.25) is 4.79 Å². The Labute approximate surface area is 161 Å². The van der Waals surface area contributed by atoms with Crippen LogP contribution in [-0.2, 0) is 17.8 Å². The Morgan fingerprint density at radius 2 is 1.96 bits per heavy atom. The van der Waals surface area contributed by atoms with Crippen LogP contribution in [0, 0.1) is 0 Å². The lowest BCUT2D eigenvalue weighted by Crippen LogP contribution is -3.08. The van der Waals surface area contributed by atoms with E-state index in [2.05, 4.69) is 29.6 Å². The van der Waals surface area contributed by atoms with Crippen molar-refractivity contribution >= 4 is 5.91 Å². The highest BCUT2D eigenvalue weighted by atomic mass is 16.5. The molecule has 1 aliphatic carbocycles. The van der Waals surface area contributed by atoms with Crippen LogP contribution >= 0.6 is 0 Å². The Bertz CT molecular complexity index is 791. The molecule has 0 radical (unpaired) electrons. The van der Waals surface area contributed by atoms with Gasteiger partial charge in [0, 0.05) is 0 Å². The molecule has 5 heteroatoms. The minimum atomic E-state index is 0.0797. The fourth-order valence-electron chi connectivity index (χ4n) is 3.90. The second-order valence-corrected chi connectivity index (χ2v) is 7.17. The maximum Gasteiger partial charge on any atom is 0.275 e. The Morgan fingerprint density at radius 1 is 1.15 bits per heavy atom. The molecular formula is C22H29N2O3+. The minimum Gasteiger partial charge on any atom is -0.493 e. The number of likely N-dealkylation sites (N-methyl/N-ethyl adjacent to an activating group) is 1. The van der Waals surface area contributed by atoms with Crippen LogP contribution in [-0.4, -0.2) is 33.7 Å². The van der Waals surface area contributed by atoms with Gasteiger partial charge in [0.1, 0.15) is 6.54 Å². The second-order valence-electron chi connectivity index (χ2n) is 7.17. The molecule has 2 N–H and O–H groups in total. The molecule has 0 aliphatic heterocycles. The number of aryl methyl sites for hydroxylation is 1. The van der Waals surface area contributed by atoms with Crippen molar-refractivity contribution in [2.45, 2.75) is 31.8 Å². The van der Waals surface area contributed by atoms with E-state index in [0.29, 0.717) is 18.8 Å². The molecule has 2 atom stereocenters. The van der Waals surface area contributed by atoms with Gasteiger partial charge in [0.05, 0.1) is 32.9 Å². The fourth-order valence-corrected chi connectivity index (χ4v) is 3.90. The number of carbonyl (C=O) groups is 1. The smallest absolute Gasteiger partial charge is 0.275 e. The summed E-state index contributed by atoms with van der Waals surface area (Å²) in [5.74, 6) is 1.53. The minimum absolute atomic E-state index is 0.0797. The molecule has 3 rings (SSSR count). The van der Waals surface area contributed by atoms with E-state index >= 15 is 0 Å². The predicted molar refractivity (Wildman–Crippen MR) is 105 cm³/mol. The molecule has 0 saturated carbocycles. The summed E-state index contributed by atoms with van der Waals surface area (Å²) >= 11 is 0. The standard InChI is InChI=1S/C22H28N2O3/c1-24(14-17-10-7-13-20(26-2)22(17)27-3)15-21(25)23-19-12-6-9-16-8-4-5-11-18(16)19/h4-5,7-8,10-11,13,19H,6,9,12,14-15H2,1-3H3,(H,23,25)/p+1/t19-/m0/s1. The first-order chi connectivity index (χ1) is 13.1. The number of rotatable bonds is 7. The van der Waals surface area contributed by atoms with Gasteiger partial charge in [-0.2, -0.15) is 0 Å². The molecular weight excluding hydrogens is 340 g/mol. The van der Waals surface area contributed by atoms with Gasteiger partial charge < -0.3 is 19.7 Å². The Kier molecular flexibility index (Phi) is 6.35. The average Bonchev–Trinajstić information content (AvgIpc) is 2.67. The summed E-state index contributed by atoms with van der Waals surface area (Å²) < 4.78 is 10.9. The molecule has 0 heterocycles. The Hall–Kier alpha value is -2.53. The summed E-state index contributed by atoms with van der Waals surface area (Å²) in [5.41, 5.74) is 3.66. The van der Waals surface area contributed by atoms with Crippen LogP contribution in [0.5, 0.6) is 11.5 Å². The number of quaternary nitrogens is 1. The van der Waals surface area contributed by atoms with Gasteiger partial charge in [0.15, 0.2) is 18.0 Å². The van der Waals surface area contributed by atoms with Gasteiger partial charge in [0.2, 0.25) is 0 Å². The number of hydrogen-bond donors (Lipinski definition) is 2. The molecule has 1 aliphatic rings. The van der Waals surface area contributed by atoms with E-state index in [1.54, 1.807) is 14.2 Å². The molecule has 0 spiro atoms. The molecule has 144 valence electrons. The van der Waals surface area contributed by atoms with Crippen molar-refractivity contribution in [3.8, 4) is 11.5 Å². The summed E-state index contributed by atoms with van der Waals surface area (Å²) in [7, 11) is 5.30. The Balaban J connectivity index is 1.61. The molecule has 2 aromatic rings. The van der Waals surface area contributed by atoms with Gasteiger partial charge >= 0.3 is 0 Å². The van der Waals surface area contributed by atoms with Crippen molar-refractivity contribution < 1.29 is 19.2 Å². The van der Waals surface area contributed by atoms with E-state index in [-0.39, 0.29) is 11.9 Å². The number of nitrogens with one attached hydrogen (secondary N) is 2. The number of hydrogen-bond acceptors (Lipinski definition) is 3. The zero-order valence-electron chi connectivity index (χ0n) is 16.4. The first kappa shape index (κ1) is 19.2. The Morgan fingerprint density at radius 3 is 2.74 bits per heavy atom. The van der Waals surface area contributed by atoms with E-state index in [4.69, 9.17) is 9.47 Å². The largest absolute Gasteiger partial charge is 0.493 e. The zero-order valence-corrected chi connectivity index (χ0v) is 16.4. The lowest BCUT2D eigenvalue weighted by molar-refractivity contribution is -0.885. The van der Waals surface area contributed by atoms with Crippen molar-refractivity contribution in [2.75, 3.05) is 27.8 Å². The van der Waals surface area contributed by atoms with Crippen molar-refractivity contribution in [2.24, 2.45) is 0 Å².